The smallest absolute Gasteiger partial charge is 0.0961 e. The summed E-state index contributed by atoms with van der Waals surface area (Å²) in [5.74, 6) is 0.887. The van der Waals surface area contributed by atoms with Crippen molar-refractivity contribution in [2.75, 3.05) is 6.54 Å². The van der Waals surface area contributed by atoms with Crippen LogP contribution in [0.5, 0.6) is 0 Å². The van der Waals surface area contributed by atoms with Gasteiger partial charge in [-0.3, -0.25) is 5.41 Å². The molecule has 0 aromatic carbocycles. The molecule has 1 aliphatic heterocycles. The van der Waals surface area contributed by atoms with Crippen LogP contribution < -0.4 is 0 Å². The highest BCUT2D eigenvalue weighted by atomic mass is 15.2. The zero-order chi connectivity index (χ0) is 15.4. The van der Waals surface area contributed by atoms with Crippen LogP contribution in [0.2, 0.25) is 0 Å². The van der Waals surface area contributed by atoms with Gasteiger partial charge in [-0.2, -0.15) is 0 Å². The maximum atomic E-state index is 8.31. The van der Waals surface area contributed by atoms with Gasteiger partial charge in [0.05, 0.1) is 5.84 Å². The number of amidine groups is 1. The Balaban J connectivity index is 3.04. The van der Waals surface area contributed by atoms with Crippen molar-refractivity contribution < 1.29 is 0 Å². The molecule has 20 heavy (non-hydrogen) atoms. The molecule has 2 heteroatoms. The second kappa shape index (κ2) is 6.95. The van der Waals surface area contributed by atoms with Crippen molar-refractivity contribution in [3.05, 3.63) is 0 Å². The molecule has 0 spiro atoms. The Morgan fingerprint density at radius 1 is 1.05 bits per heavy atom. The second-order valence-corrected chi connectivity index (χ2v) is 7.34. The number of hydrogen-bond acceptors (Lipinski definition) is 1. The van der Waals surface area contributed by atoms with Crippen LogP contribution in [-0.2, 0) is 0 Å². The number of nitrogens with zero attached hydrogens (tertiary/aromatic N) is 1. The predicted molar refractivity (Wildman–Crippen MR) is 89.4 cm³/mol. The van der Waals surface area contributed by atoms with Gasteiger partial charge in [0.25, 0.3) is 0 Å². The Hall–Kier alpha value is -0.530. The summed E-state index contributed by atoms with van der Waals surface area (Å²) in [7, 11) is 0. The average molecular weight is 280 g/mol. The third-order valence-electron chi connectivity index (χ3n) is 6.35. The van der Waals surface area contributed by atoms with Crippen LogP contribution in [0.1, 0.15) is 86.5 Å². The highest BCUT2D eigenvalue weighted by Gasteiger charge is 2.41. The van der Waals surface area contributed by atoms with Gasteiger partial charge in [-0.25, -0.2) is 0 Å². The summed E-state index contributed by atoms with van der Waals surface area (Å²) >= 11 is 0. The van der Waals surface area contributed by atoms with E-state index in [0.29, 0.717) is 16.9 Å². The Morgan fingerprint density at radius 2 is 1.60 bits per heavy atom. The van der Waals surface area contributed by atoms with Gasteiger partial charge in [0.2, 0.25) is 0 Å². The normalized spacial score (nSPS) is 18.7. The summed E-state index contributed by atoms with van der Waals surface area (Å²) < 4.78 is 0. The molecule has 1 unspecified atom stereocenters. The molecule has 0 aromatic rings. The molecule has 1 atom stereocenters. The fraction of sp³-hybridized carbons (Fsp3) is 0.944. The molecule has 1 aliphatic rings. The summed E-state index contributed by atoms with van der Waals surface area (Å²) in [4.78, 5) is 2.44. The minimum Gasteiger partial charge on any atom is -0.357 e. The third kappa shape index (κ3) is 3.56. The maximum Gasteiger partial charge on any atom is 0.0961 e. The molecular formula is C18H36N2. The van der Waals surface area contributed by atoms with Crippen LogP contribution in [-0.4, -0.2) is 23.3 Å². The fourth-order valence-electron chi connectivity index (χ4n) is 3.50. The van der Waals surface area contributed by atoms with Crippen LogP contribution in [0, 0.1) is 16.2 Å². The van der Waals surface area contributed by atoms with Crippen molar-refractivity contribution in [1.82, 2.24) is 4.90 Å². The van der Waals surface area contributed by atoms with Gasteiger partial charge in [-0.1, -0.05) is 54.4 Å². The molecule has 1 saturated heterocycles. The molecule has 0 amide bonds. The van der Waals surface area contributed by atoms with Crippen molar-refractivity contribution in [1.29, 1.82) is 5.41 Å². The number of likely N-dealkylation sites (tertiary alicyclic amines) is 1. The molecule has 1 rings (SSSR count). The van der Waals surface area contributed by atoms with E-state index in [4.69, 9.17) is 5.41 Å². The standard InChI is InChI=1S/C18H36N2/c1-7-17(5,8-2)14-15(18(6,9-3)10-4)20-13-11-12-16(20)19/h15,19H,7-14H2,1-6H3. The predicted octanol–water partition coefficient (Wildman–Crippen LogP) is 5.47. The minimum atomic E-state index is 0.336. The zero-order valence-electron chi connectivity index (χ0n) is 14.7. The molecular weight excluding hydrogens is 244 g/mol. The minimum absolute atomic E-state index is 0.336. The third-order valence-corrected chi connectivity index (χ3v) is 6.35. The number of nitrogens with one attached hydrogen (secondary N) is 1. The Kier molecular flexibility index (Phi) is 6.09. The molecule has 0 aliphatic carbocycles. The van der Waals surface area contributed by atoms with Crippen molar-refractivity contribution in [3.8, 4) is 0 Å². The van der Waals surface area contributed by atoms with Gasteiger partial charge < -0.3 is 4.90 Å². The first kappa shape index (κ1) is 17.5. The lowest BCUT2D eigenvalue weighted by Gasteiger charge is -2.47. The fourth-order valence-corrected chi connectivity index (χ4v) is 3.50. The van der Waals surface area contributed by atoms with E-state index in [1.165, 1.54) is 38.5 Å². The van der Waals surface area contributed by atoms with Crippen LogP contribution >= 0.6 is 0 Å². The van der Waals surface area contributed by atoms with E-state index in [1.54, 1.807) is 0 Å². The lowest BCUT2D eigenvalue weighted by atomic mass is 9.68. The largest absolute Gasteiger partial charge is 0.357 e. The molecule has 0 saturated carbocycles. The zero-order valence-corrected chi connectivity index (χ0v) is 14.7. The summed E-state index contributed by atoms with van der Waals surface area (Å²) in [5, 5.41) is 8.31. The van der Waals surface area contributed by atoms with E-state index in [2.05, 4.69) is 46.4 Å². The Labute approximate surface area is 126 Å². The Bertz CT molecular complexity index is 313. The van der Waals surface area contributed by atoms with E-state index in [1.807, 2.05) is 0 Å². The number of hydrogen-bond donors (Lipinski definition) is 1. The van der Waals surface area contributed by atoms with Crippen molar-refractivity contribution >= 4 is 5.84 Å². The second-order valence-electron chi connectivity index (χ2n) is 7.34. The summed E-state index contributed by atoms with van der Waals surface area (Å²) in [6.07, 6.45) is 8.29. The van der Waals surface area contributed by atoms with Crippen LogP contribution in [0.25, 0.3) is 0 Å². The molecule has 0 bridgehead atoms. The highest BCUT2D eigenvalue weighted by Crippen LogP contribution is 2.43. The van der Waals surface area contributed by atoms with Crippen molar-refractivity contribution in [3.63, 3.8) is 0 Å². The Morgan fingerprint density at radius 3 is 1.95 bits per heavy atom. The van der Waals surface area contributed by atoms with Crippen molar-refractivity contribution in [2.45, 2.75) is 92.5 Å². The van der Waals surface area contributed by atoms with E-state index in [9.17, 15) is 0 Å². The topological polar surface area (TPSA) is 27.1 Å². The lowest BCUT2D eigenvalue weighted by molar-refractivity contribution is 0.0726. The van der Waals surface area contributed by atoms with Gasteiger partial charge in [0, 0.05) is 19.0 Å². The van der Waals surface area contributed by atoms with Crippen LogP contribution in [0.3, 0.4) is 0 Å². The van der Waals surface area contributed by atoms with Gasteiger partial charge in [-0.15, -0.1) is 0 Å². The molecule has 1 N–H and O–H groups in total. The summed E-state index contributed by atoms with van der Waals surface area (Å²) in [6.45, 7) is 15.3. The molecule has 118 valence electrons. The van der Waals surface area contributed by atoms with Crippen LogP contribution in [0.4, 0.5) is 0 Å². The molecule has 1 heterocycles. The molecule has 0 radical (unpaired) electrons. The SMILES string of the molecule is CCC(C)(CC)CC(N1CCCC1=N)C(C)(CC)CC. The molecule has 0 aromatic heterocycles. The first-order valence-electron chi connectivity index (χ1n) is 8.69. The number of rotatable bonds is 8. The summed E-state index contributed by atoms with van der Waals surface area (Å²) in [6, 6.07) is 0.539. The first-order chi connectivity index (χ1) is 9.35. The average Bonchev–Trinajstić information content (AvgIpc) is 2.89. The van der Waals surface area contributed by atoms with E-state index in [0.717, 1.165) is 18.8 Å². The first-order valence-corrected chi connectivity index (χ1v) is 8.69. The summed E-state index contributed by atoms with van der Waals surface area (Å²) in [5.41, 5.74) is 0.751. The van der Waals surface area contributed by atoms with Gasteiger partial charge in [0.15, 0.2) is 0 Å². The van der Waals surface area contributed by atoms with E-state index in [-0.39, 0.29) is 0 Å². The lowest BCUT2D eigenvalue weighted by Crippen LogP contribution is -2.49. The van der Waals surface area contributed by atoms with Crippen molar-refractivity contribution in [2.24, 2.45) is 10.8 Å². The van der Waals surface area contributed by atoms with Gasteiger partial charge in [0.1, 0.15) is 0 Å². The maximum absolute atomic E-state index is 8.31. The highest BCUT2D eigenvalue weighted by molar-refractivity contribution is 5.81. The van der Waals surface area contributed by atoms with Gasteiger partial charge in [-0.05, 0) is 36.5 Å². The quantitative estimate of drug-likeness (QED) is 0.627. The van der Waals surface area contributed by atoms with E-state index < -0.39 is 0 Å². The molecule has 1 fully saturated rings. The monoisotopic (exact) mass is 280 g/mol. The van der Waals surface area contributed by atoms with Gasteiger partial charge >= 0.3 is 0 Å². The molecule has 2 nitrogen and oxygen atoms in total. The van der Waals surface area contributed by atoms with E-state index >= 15 is 0 Å². The van der Waals surface area contributed by atoms with Crippen LogP contribution in [0.15, 0.2) is 0 Å².